The number of anilines is 1. The van der Waals surface area contributed by atoms with Gasteiger partial charge in [-0.3, -0.25) is 14.3 Å². The Kier molecular flexibility index (Phi) is 10.8. The first-order valence-corrected chi connectivity index (χ1v) is 21.4. The Hall–Kier alpha value is -3.24. The van der Waals surface area contributed by atoms with Crippen LogP contribution in [0.25, 0.3) is 11.1 Å². The summed E-state index contributed by atoms with van der Waals surface area (Å²) >= 11 is 0. The Morgan fingerprint density at radius 1 is 0.936 bits per heavy atom. The number of aromatic nitrogens is 4. The van der Waals surface area contributed by atoms with Crippen LogP contribution >= 0.6 is 0 Å². The first kappa shape index (κ1) is 35.1. The smallest absolute Gasteiger partial charge is 0.270 e. The molecule has 3 aromatic rings. The van der Waals surface area contributed by atoms with E-state index >= 15 is 0 Å². The van der Waals surface area contributed by atoms with Crippen molar-refractivity contribution in [2.75, 3.05) is 11.9 Å². The molecule has 0 unspecified atom stereocenters. The third-order valence-corrected chi connectivity index (χ3v) is 11.1. The molecule has 10 heteroatoms. The van der Waals surface area contributed by atoms with Crippen LogP contribution < -0.4 is 10.6 Å². The van der Waals surface area contributed by atoms with Gasteiger partial charge in [0.2, 0.25) is 5.91 Å². The molecule has 2 aromatic heterocycles. The fourth-order valence-electron chi connectivity index (χ4n) is 6.70. The average Bonchev–Trinajstić information content (AvgIpc) is 3.92. The van der Waals surface area contributed by atoms with Gasteiger partial charge >= 0.3 is 0 Å². The van der Waals surface area contributed by atoms with Gasteiger partial charge in [-0.25, -0.2) is 4.68 Å². The number of hydrogen-bond donors (Lipinski definition) is 2. The van der Waals surface area contributed by atoms with Gasteiger partial charge in [0.25, 0.3) is 5.91 Å². The Morgan fingerprint density at radius 3 is 2.11 bits per heavy atom. The minimum absolute atomic E-state index is 0.0428. The molecule has 2 heterocycles. The van der Waals surface area contributed by atoms with Crippen LogP contribution in [0, 0.1) is 17.8 Å². The van der Waals surface area contributed by atoms with Crippen molar-refractivity contribution in [2.45, 2.75) is 124 Å². The summed E-state index contributed by atoms with van der Waals surface area (Å²) in [5.41, 5.74) is 5.64. The van der Waals surface area contributed by atoms with E-state index in [0.29, 0.717) is 24.3 Å². The highest BCUT2D eigenvalue weighted by Gasteiger charge is 2.48. The van der Waals surface area contributed by atoms with Gasteiger partial charge in [0.05, 0.1) is 11.4 Å². The second kappa shape index (κ2) is 14.5. The molecule has 5 rings (SSSR count). The standard InChI is InChI=1S/C37H56N6O3Si/c1-23(2)33-32(35(24(3)4)42(41-33)22-46-20-21-47(7,8)9)28-14-16-29(17-15-28)39-37(45)34(31(26-10-11-26)27-12-13-27)40-36(44)30-18-19-38-43(30)25(5)6/h14-19,23-27,31,34H,10-13,20-22H2,1-9H3,(H,39,45)(H,40,44)/t34-/m0/s1. The van der Waals surface area contributed by atoms with E-state index in [2.05, 4.69) is 75.2 Å². The minimum atomic E-state index is -1.18. The van der Waals surface area contributed by atoms with Crippen molar-refractivity contribution >= 4 is 25.6 Å². The summed E-state index contributed by atoms with van der Waals surface area (Å²) in [7, 11) is -1.18. The number of ether oxygens (including phenoxy) is 1. The summed E-state index contributed by atoms with van der Waals surface area (Å²) in [6, 6.07) is 10.4. The fraction of sp³-hybridized carbons (Fsp3) is 0.622. The van der Waals surface area contributed by atoms with Crippen molar-refractivity contribution in [1.82, 2.24) is 24.9 Å². The predicted molar refractivity (Wildman–Crippen MR) is 191 cm³/mol. The number of carbonyl (C=O) groups excluding carboxylic acids is 2. The van der Waals surface area contributed by atoms with E-state index in [9.17, 15) is 9.59 Å². The summed E-state index contributed by atoms with van der Waals surface area (Å²) in [5.74, 6) is 1.20. The molecule has 2 N–H and O–H groups in total. The van der Waals surface area contributed by atoms with Crippen molar-refractivity contribution in [1.29, 1.82) is 0 Å². The van der Waals surface area contributed by atoms with Crippen molar-refractivity contribution in [3.63, 3.8) is 0 Å². The minimum Gasteiger partial charge on any atom is -0.360 e. The largest absolute Gasteiger partial charge is 0.360 e. The lowest BCUT2D eigenvalue weighted by molar-refractivity contribution is -0.119. The zero-order chi connectivity index (χ0) is 34.0. The summed E-state index contributed by atoms with van der Waals surface area (Å²) in [6.07, 6.45) is 6.12. The number of carbonyl (C=O) groups is 2. The summed E-state index contributed by atoms with van der Waals surface area (Å²) < 4.78 is 9.90. The number of amides is 2. The van der Waals surface area contributed by atoms with E-state index in [1.807, 2.05) is 30.7 Å². The first-order chi connectivity index (χ1) is 22.2. The van der Waals surface area contributed by atoms with Crippen molar-refractivity contribution in [3.05, 3.63) is 53.6 Å². The summed E-state index contributed by atoms with van der Waals surface area (Å²) in [5, 5.41) is 15.7. The molecule has 2 aliphatic rings. The van der Waals surface area contributed by atoms with Gasteiger partial charge in [-0.2, -0.15) is 10.2 Å². The highest BCUT2D eigenvalue weighted by atomic mass is 28.3. The predicted octanol–water partition coefficient (Wildman–Crippen LogP) is 8.06. The molecule has 1 aromatic carbocycles. The van der Waals surface area contributed by atoms with Crippen LogP contribution in [-0.2, 0) is 16.3 Å². The molecule has 2 aliphatic carbocycles. The fourth-order valence-corrected chi connectivity index (χ4v) is 7.45. The number of benzene rings is 1. The Balaban J connectivity index is 1.36. The normalized spacial score (nSPS) is 16.0. The number of hydrogen-bond acceptors (Lipinski definition) is 5. The molecule has 0 aliphatic heterocycles. The molecular formula is C37H56N6O3Si. The quantitative estimate of drug-likeness (QED) is 0.120. The van der Waals surface area contributed by atoms with E-state index in [0.717, 1.165) is 60.8 Å². The van der Waals surface area contributed by atoms with Gasteiger partial charge in [0.15, 0.2) is 0 Å². The molecule has 2 saturated carbocycles. The third-order valence-electron chi connectivity index (χ3n) is 9.44. The molecule has 1 atom stereocenters. The second-order valence-electron chi connectivity index (χ2n) is 15.8. The number of nitrogens with one attached hydrogen (secondary N) is 2. The molecule has 47 heavy (non-hydrogen) atoms. The maximum Gasteiger partial charge on any atom is 0.270 e. The topological polar surface area (TPSA) is 103 Å². The van der Waals surface area contributed by atoms with Crippen molar-refractivity contribution < 1.29 is 14.3 Å². The number of nitrogens with zero attached hydrogens (tertiary/aromatic N) is 4. The van der Waals surface area contributed by atoms with Gasteiger partial charge in [0, 0.05) is 38.2 Å². The second-order valence-corrected chi connectivity index (χ2v) is 21.4. The molecule has 0 radical (unpaired) electrons. The monoisotopic (exact) mass is 660 g/mol. The lowest BCUT2D eigenvalue weighted by Gasteiger charge is -2.28. The maximum atomic E-state index is 14.0. The van der Waals surface area contributed by atoms with E-state index in [-0.39, 0.29) is 35.6 Å². The zero-order valence-electron chi connectivity index (χ0n) is 30.0. The van der Waals surface area contributed by atoms with E-state index in [1.54, 1.807) is 16.9 Å². The Morgan fingerprint density at radius 2 is 1.57 bits per heavy atom. The Bertz CT molecular complexity index is 1510. The van der Waals surface area contributed by atoms with Crippen LogP contribution in [0.5, 0.6) is 0 Å². The highest BCUT2D eigenvalue weighted by Crippen LogP contribution is 2.51. The highest BCUT2D eigenvalue weighted by molar-refractivity contribution is 6.76. The molecule has 256 valence electrons. The first-order valence-electron chi connectivity index (χ1n) is 17.7. The van der Waals surface area contributed by atoms with Gasteiger partial charge in [-0.05, 0) is 98.9 Å². The van der Waals surface area contributed by atoms with E-state index in [1.165, 1.54) is 5.69 Å². The van der Waals surface area contributed by atoms with Gasteiger partial charge in [-0.15, -0.1) is 0 Å². The molecule has 2 amide bonds. The molecule has 0 bridgehead atoms. The van der Waals surface area contributed by atoms with E-state index in [4.69, 9.17) is 9.84 Å². The number of rotatable bonds is 16. The summed E-state index contributed by atoms with van der Waals surface area (Å²) in [6.45, 7) is 21.1. The van der Waals surface area contributed by atoms with Gasteiger partial charge in [-0.1, -0.05) is 59.5 Å². The van der Waals surface area contributed by atoms with Crippen LogP contribution in [0.1, 0.15) is 107 Å². The van der Waals surface area contributed by atoms with Crippen LogP contribution in [0.15, 0.2) is 36.5 Å². The van der Waals surface area contributed by atoms with Crippen molar-refractivity contribution in [3.8, 4) is 11.1 Å². The van der Waals surface area contributed by atoms with Crippen LogP contribution in [0.2, 0.25) is 25.7 Å². The van der Waals surface area contributed by atoms with Gasteiger partial charge < -0.3 is 15.4 Å². The maximum absolute atomic E-state index is 14.0. The van der Waals surface area contributed by atoms with Crippen LogP contribution in [0.4, 0.5) is 5.69 Å². The lowest BCUT2D eigenvalue weighted by Crippen LogP contribution is -2.50. The molecule has 0 spiro atoms. The van der Waals surface area contributed by atoms with Gasteiger partial charge in [0.1, 0.15) is 18.5 Å². The average molecular weight is 661 g/mol. The van der Waals surface area contributed by atoms with Crippen LogP contribution in [0.3, 0.4) is 0 Å². The summed E-state index contributed by atoms with van der Waals surface area (Å²) in [4.78, 5) is 27.5. The SMILES string of the molecule is CC(C)c1nn(COCC[Si](C)(C)C)c(C(C)C)c1-c1ccc(NC(=O)[C@@H](NC(=O)c2ccnn2C(C)C)C(C2CC2)C2CC2)cc1. The molecule has 2 fully saturated rings. The Labute approximate surface area is 282 Å². The molecule has 9 nitrogen and oxygen atoms in total. The lowest BCUT2D eigenvalue weighted by atomic mass is 9.88. The molecular weight excluding hydrogens is 605 g/mol. The van der Waals surface area contributed by atoms with E-state index < -0.39 is 14.1 Å². The zero-order valence-corrected chi connectivity index (χ0v) is 31.0. The van der Waals surface area contributed by atoms with Crippen LogP contribution in [-0.4, -0.2) is 52.1 Å². The molecule has 0 saturated heterocycles. The third kappa shape index (κ3) is 8.62. The van der Waals surface area contributed by atoms with Crippen molar-refractivity contribution in [2.24, 2.45) is 17.8 Å².